The van der Waals surface area contributed by atoms with Gasteiger partial charge >= 0.3 is 0 Å². The molecule has 1 aromatic carbocycles. The van der Waals surface area contributed by atoms with Crippen molar-refractivity contribution in [3.63, 3.8) is 0 Å². The van der Waals surface area contributed by atoms with Crippen LogP contribution in [0.15, 0.2) is 23.1 Å². The summed E-state index contributed by atoms with van der Waals surface area (Å²) in [7, 11) is -2.17. The summed E-state index contributed by atoms with van der Waals surface area (Å²) in [6.45, 7) is 5.61. The minimum atomic E-state index is -3.61. The van der Waals surface area contributed by atoms with Crippen molar-refractivity contribution < 1.29 is 17.9 Å². The Bertz CT molecular complexity index is 582. The van der Waals surface area contributed by atoms with E-state index in [0.29, 0.717) is 5.75 Å². The van der Waals surface area contributed by atoms with Gasteiger partial charge in [0.05, 0.1) is 17.6 Å². The van der Waals surface area contributed by atoms with Crippen LogP contribution in [0.2, 0.25) is 0 Å². The smallest absolute Gasteiger partial charge is 0.255 e. The van der Waals surface area contributed by atoms with Crippen LogP contribution in [0.3, 0.4) is 0 Å². The number of hydrogen-bond donors (Lipinski definition) is 2. The number of sulfonamides is 1. The van der Waals surface area contributed by atoms with Crippen molar-refractivity contribution in [1.82, 2.24) is 10.0 Å². The van der Waals surface area contributed by atoms with Gasteiger partial charge in [-0.15, -0.1) is 0 Å². The Labute approximate surface area is 119 Å². The Balaban J connectivity index is 3.25. The lowest BCUT2D eigenvalue weighted by Crippen LogP contribution is -2.31. The van der Waals surface area contributed by atoms with Crippen LogP contribution in [-0.4, -0.2) is 34.0 Å². The maximum atomic E-state index is 12.1. The topological polar surface area (TPSA) is 84.5 Å². The molecule has 0 aliphatic rings. The third kappa shape index (κ3) is 3.94. The van der Waals surface area contributed by atoms with Crippen LogP contribution in [0.5, 0.6) is 5.75 Å². The molecule has 0 bridgehead atoms. The van der Waals surface area contributed by atoms with Gasteiger partial charge in [-0.05, 0) is 32.0 Å². The van der Waals surface area contributed by atoms with E-state index in [9.17, 15) is 13.2 Å². The van der Waals surface area contributed by atoms with Gasteiger partial charge in [-0.25, -0.2) is 13.1 Å². The highest BCUT2D eigenvalue weighted by molar-refractivity contribution is 7.89. The average Bonchev–Trinajstić information content (AvgIpc) is 2.37. The number of carbonyl (C=O) groups is 1. The molecule has 20 heavy (non-hydrogen) atoms. The molecule has 0 unspecified atom stereocenters. The Morgan fingerprint density at radius 1 is 1.35 bits per heavy atom. The molecule has 0 radical (unpaired) electrons. The predicted molar refractivity (Wildman–Crippen MR) is 76.5 cm³/mol. The quantitative estimate of drug-likeness (QED) is 0.825. The molecule has 0 aliphatic heterocycles. The average molecular weight is 300 g/mol. The Morgan fingerprint density at radius 2 is 2.00 bits per heavy atom. The predicted octanol–water partition coefficient (Wildman–Crippen LogP) is 1.13. The molecule has 2 N–H and O–H groups in total. The van der Waals surface area contributed by atoms with Crippen molar-refractivity contribution in [2.24, 2.45) is 0 Å². The number of hydrogen-bond acceptors (Lipinski definition) is 4. The van der Waals surface area contributed by atoms with Crippen molar-refractivity contribution in [2.75, 3.05) is 13.7 Å². The number of benzene rings is 1. The number of amides is 1. The molecule has 7 heteroatoms. The summed E-state index contributed by atoms with van der Waals surface area (Å²) in [5, 5.41) is 2.71. The minimum absolute atomic E-state index is 0.0362. The van der Waals surface area contributed by atoms with Gasteiger partial charge in [0.1, 0.15) is 5.75 Å². The first kappa shape index (κ1) is 16.5. The second-order valence-corrected chi connectivity index (χ2v) is 6.26. The standard InChI is InChI=1S/C13H20N2O4S/c1-5-14-20(17,18)10-6-7-12(19-4)11(8-10)13(16)15-9(2)3/h6-9,14H,5H2,1-4H3,(H,15,16). The van der Waals surface area contributed by atoms with E-state index < -0.39 is 10.0 Å². The zero-order valence-corrected chi connectivity index (χ0v) is 12.9. The van der Waals surface area contributed by atoms with E-state index in [1.165, 1.54) is 25.3 Å². The van der Waals surface area contributed by atoms with E-state index in [4.69, 9.17) is 4.74 Å². The van der Waals surface area contributed by atoms with Crippen LogP contribution < -0.4 is 14.8 Å². The van der Waals surface area contributed by atoms with E-state index in [1.54, 1.807) is 6.92 Å². The SMILES string of the molecule is CCNS(=O)(=O)c1ccc(OC)c(C(=O)NC(C)C)c1. The molecule has 1 rings (SSSR count). The number of carbonyl (C=O) groups excluding carboxylic acids is 1. The molecule has 0 aromatic heterocycles. The van der Waals surface area contributed by atoms with E-state index in [2.05, 4.69) is 10.0 Å². The highest BCUT2D eigenvalue weighted by Crippen LogP contribution is 2.22. The molecular weight excluding hydrogens is 280 g/mol. The van der Waals surface area contributed by atoms with Gasteiger partial charge < -0.3 is 10.1 Å². The summed E-state index contributed by atoms with van der Waals surface area (Å²) in [6, 6.07) is 4.14. The van der Waals surface area contributed by atoms with E-state index in [1.807, 2.05) is 13.8 Å². The van der Waals surface area contributed by atoms with Gasteiger partial charge in [0.2, 0.25) is 10.0 Å². The zero-order valence-electron chi connectivity index (χ0n) is 12.1. The molecule has 0 aliphatic carbocycles. The molecule has 0 atom stereocenters. The summed E-state index contributed by atoms with van der Waals surface area (Å²) in [5.74, 6) is -0.0380. The third-order valence-corrected chi connectivity index (χ3v) is 4.02. The van der Waals surface area contributed by atoms with E-state index in [-0.39, 0.29) is 29.0 Å². The fourth-order valence-corrected chi connectivity index (χ4v) is 2.71. The fraction of sp³-hybridized carbons (Fsp3) is 0.462. The van der Waals surface area contributed by atoms with Crippen molar-refractivity contribution in [3.05, 3.63) is 23.8 Å². The highest BCUT2D eigenvalue weighted by Gasteiger charge is 2.19. The Morgan fingerprint density at radius 3 is 2.50 bits per heavy atom. The first-order valence-electron chi connectivity index (χ1n) is 6.30. The number of nitrogens with one attached hydrogen (secondary N) is 2. The zero-order chi connectivity index (χ0) is 15.3. The molecular formula is C13H20N2O4S. The van der Waals surface area contributed by atoms with Gasteiger partial charge in [-0.2, -0.15) is 0 Å². The van der Waals surface area contributed by atoms with Gasteiger partial charge in [-0.1, -0.05) is 6.92 Å². The van der Waals surface area contributed by atoms with Crippen LogP contribution in [-0.2, 0) is 10.0 Å². The fourth-order valence-electron chi connectivity index (χ4n) is 1.64. The highest BCUT2D eigenvalue weighted by atomic mass is 32.2. The molecule has 1 amide bonds. The minimum Gasteiger partial charge on any atom is -0.496 e. The van der Waals surface area contributed by atoms with Crippen LogP contribution in [0.1, 0.15) is 31.1 Å². The van der Waals surface area contributed by atoms with Gasteiger partial charge in [-0.3, -0.25) is 4.79 Å². The van der Waals surface area contributed by atoms with Crippen LogP contribution in [0.4, 0.5) is 0 Å². The molecule has 112 valence electrons. The van der Waals surface area contributed by atoms with Crippen molar-refractivity contribution >= 4 is 15.9 Å². The summed E-state index contributed by atoms with van der Waals surface area (Å²) in [5.41, 5.74) is 0.195. The Hall–Kier alpha value is -1.60. The summed E-state index contributed by atoms with van der Waals surface area (Å²) >= 11 is 0. The Kier molecular flexibility index (Phi) is 5.52. The summed E-state index contributed by atoms with van der Waals surface area (Å²) in [4.78, 5) is 12.1. The van der Waals surface area contributed by atoms with Crippen molar-refractivity contribution in [3.8, 4) is 5.75 Å². The number of ether oxygens (including phenoxy) is 1. The normalized spacial score (nSPS) is 11.4. The second-order valence-electron chi connectivity index (χ2n) is 4.49. The third-order valence-electron chi connectivity index (χ3n) is 2.48. The summed E-state index contributed by atoms with van der Waals surface area (Å²) < 4.78 is 31.4. The van der Waals surface area contributed by atoms with Gasteiger partial charge in [0.15, 0.2) is 0 Å². The number of rotatable bonds is 6. The molecule has 6 nitrogen and oxygen atoms in total. The lowest BCUT2D eigenvalue weighted by atomic mass is 10.2. The molecule has 0 fully saturated rings. The number of methoxy groups -OCH3 is 1. The van der Waals surface area contributed by atoms with Gasteiger partial charge in [0, 0.05) is 12.6 Å². The maximum absolute atomic E-state index is 12.1. The van der Waals surface area contributed by atoms with E-state index in [0.717, 1.165) is 0 Å². The monoisotopic (exact) mass is 300 g/mol. The first-order valence-corrected chi connectivity index (χ1v) is 7.78. The van der Waals surface area contributed by atoms with Crippen LogP contribution in [0, 0.1) is 0 Å². The largest absolute Gasteiger partial charge is 0.496 e. The molecule has 0 heterocycles. The van der Waals surface area contributed by atoms with Crippen LogP contribution in [0.25, 0.3) is 0 Å². The molecule has 0 saturated heterocycles. The lowest BCUT2D eigenvalue weighted by Gasteiger charge is -2.13. The lowest BCUT2D eigenvalue weighted by molar-refractivity contribution is 0.0940. The second kappa shape index (κ2) is 6.71. The van der Waals surface area contributed by atoms with Crippen molar-refractivity contribution in [2.45, 2.75) is 31.7 Å². The first-order chi connectivity index (χ1) is 9.31. The molecule has 1 aromatic rings. The van der Waals surface area contributed by atoms with E-state index >= 15 is 0 Å². The maximum Gasteiger partial charge on any atom is 0.255 e. The molecule has 0 spiro atoms. The molecule has 0 saturated carbocycles. The summed E-state index contributed by atoms with van der Waals surface area (Å²) in [6.07, 6.45) is 0. The van der Waals surface area contributed by atoms with Gasteiger partial charge in [0.25, 0.3) is 5.91 Å². The van der Waals surface area contributed by atoms with Crippen molar-refractivity contribution in [1.29, 1.82) is 0 Å². The van der Waals surface area contributed by atoms with Crippen LogP contribution >= 0.6 is 0 Å².